The second kappa shape index (κ2) is 6.37. The Bertz CT molecular complexity index is 340. The van der Waals surface area contributed by atoms with Gasteiger partial charge in [-0.05, 0) is 17.7 Å². The van der Waals surface area contributed by atoms with Gasteiger partial charge < -0.3 is 10.5 Å². The van der Waals surface area contributed by atoms with Gasteiger partial charge in [0.15, 0.2) is 0 Å². The van der Waals surface area contributed by atoms with Crippen LogP contribution in [0.1, 0.15) is 5.56 Å². The van der Waals surface area contributed by atoms with Crippen molar-refractivity contribution >= 4 is 15.9 Å². The summed E-state index contributed by atoms with van der Waals surface area (Å²) in [5.41, 5.74) is 5.88. The first-order chi connectivity index (χ1) is 7.93. The Morgan fingerprint density at radius 3 is 2.29 bits per heavy atom. The zero-order valence-electron chi connectivity index (χ0n) is 9.01. The van der Waals surface area contributed by atoms with Crippen molar-refractivity contribution < 1.29 is 17.9 Å². The summed E-state index contributed by atoms with van der Waals surface area (Å²) in [7, 11) is 0. The Morgan fingerprint density at radius 1 is 1.24 bits per heavy atom. The molecule has 1 atom stereocenters. The van der Waals surface area contributed by atoms with Crippen molar-refractivity contribution in [3.63, 3.8) is 0 Å². The lowest BCUT2D eigenvalue weighted by molar-refractivity contribution is -0.186. The van der Waals surface area contributed by atoms with Crippen LogP contribution in [-0.2, 0) is 11.3 Å². The fraction of sp³-hybridized carbons (Fsp3) is 0.455. The normalized spacial score (nSPS) is 13.7. The Balaban J connectivity index is 2.39. The summed E-state index contributed by atoms with van der Waals surface area (Å²) in [4.78, 5) is 0. The van der Waals surface area contributed by atoms with E-state index in [4.69, 9.17) is 10.5 Å². The van der Waals surface area contributed by atoms with Crippen LogP contribution in [0, 0.1) is 5.92 Å². The maximum Gasteiger partial charge on any atom is 0.395 e. The minimum absolute atomic E-state index is 0.153. The predicted molar refractivity (Wildman–Crippen MR) is 62.4 cm³/mol. The summed E-state index contributed by atoms with van der Waals surface area (Å²) in [6.07, 6.45) is -4.30. The van der Waals surface area contributed by atoms with Crippen LogP contribution in [0.4, 0.5) is 13.2 Å². The largest absolute Gasteiger partial charge is 0.395 e. The van der Waals surface area contributed by atoms with E-state index in [0.717, 1.165) is 10.0 Å². The molecule has 0 aliphatic rings. The van der Waals surface area contributed by atoms with E-state index >= 15 is 0 Å². The Morgan fingerprint density at radius 2 is 1.82 bits per heavy atom. The SMILES string of the molecule is NCC(COCc1ccc(Br)cc1)C(F)(F)F. The molecule has 0 aromatic heterocycles. The highest BCUT2D eigenvalue weighted by atomic mass is 79.9. The molecular formula is C11H13BrF3NO. The first kappa shape index (κ1) is 14.5. The monoisotopic (exact) mass is 311 g/mol. The van der Waals surface area contributed by atoms with E-state index in [0.29, 0.717) is 0 Å². The molecule has 0 saturated heterocycles. The maximum atomic E-state index is 12.3. The molecule has 1 rings (SSSR count). The van der Waals surface area contributed by atoms with E-state index in [2.05, 4.69) is 15.9 Å². The maximum absolute atomic E-state index is 12.3. The van der Waals surface area contributed by atoms with Gasteiger partial charge in [-0.1, -0.05) is 28.1 Å². The van der Waals surface area contributed by atoms with Gasteiger partial charge in [0.05, 0.1) is 19.1 Å². The van der Waals surface area contributed by atoms with Crippen LogP contribution in [0.5, 0.6) is 0 Å². The molecule has 0 spiro atoms. The number of nitrogens with two attached hydrogens (primary N) is 1. The Hall–Kier alpha value is -0.590. The summed E-state index contributed by atoms with van der Waals surface area (Å²) in [5.74, 6) is -1.60. The molecule has 2 nitrogen and oxygen atoms in total. The van der Waals surface area contributed by atoms with Gasteiger partial charge in [0.25, 0.3) is 0 Å². The lowest BCUT2D eigenvalue weighted by Crippen LogP contribution is -2.33. The van der Waals surface area contributed by atoms with Crippen molar-refractivity contribution in [2.24, 2.45) is 11.7 Å². The standard InChI is InChI=1S/C11H13BrF3NO/c12-10-3-1-8(2-4-10)6-17-7-9(5-16)11(13,14)15/h1-4,9H,5-7,16H2. The van der Waals surface area contributed by atoms with Crippen LogP contribution in [0.2, 0.25) is 0 Å². The Labute approximate surface area is 106 Å². The van der Waals surface area contributed by atoms with Crippen LogP contribution in [-0.4, -0.2) is 19.3 Å². The number of benzene rings is 1. The van der Waals surface area contributed by atoms with E-state index in [1.165, 1.54) is 0 Å². The highest BCUT2D eigenvalue weighted by Gasteiger charge is 2.38. The van der Waals surface area contributed by atoms with Gasteiger partial charge in [0.2, 0.25) is 0 Å². The van der Waals surface area contributed by atoms with Crippen molar-refractivity contribution in [3.8, 4) is 0 Å². The summed E-state index contributed by atoms with van der Waals surface area (Å²) in [6.45, 7) is -0.709. The molecule has 1 aromatic rings. The van der Waals surface area contributed by atoms with Gasteiger partial charge in [-0.15, -0.1) is 0 Å². The fourth-order valence-electron chi connectivity index (χ4n) is 1.20. The number of alkyl halides is 3. The molecule has 0 amide bonds. The minimum atomic E-state index is -4.30. The van der Waals surface area contributed by atoms with Crippen LogP contribution in [0.25, 0.3) is 0 Å². The molecule has 0 fully saturated rings. The van der Waals surface area contributed by atoms with Crippen LogP contribution < -0.4 is 5.73 Å². The first-order valence-electron chi connectivity index (χ1n) is 5.02. The highest BCUT2D eigenvalue weighted by Crippen LogP contribution is 2.25. The van der Waals surface area contributed by atoms with Gasteiger partial charge in [-0.25, -0.2) is 0 Å². The fourth-order valence-corrected chi connectivity index (χ4v) is 1.46. The van der Waals surface area contributed by atoms with E-state index in [1.54, 1.807) is 12.1 Å². The topological polar surface area (TPSA) is 35.2 Å². The zero-order chi connectivity index (χ0) is 12.9. The van der Waals surface area contributed by atoms with E-state index in [9.17, 15) is 13.2 Å². The number of hydrogen-bond donors (Lipinski definition) is 1. The number of halogens is 4. The van der Waals surface area contributed by atoms with Gasteiger partial charge in [-0.2, -0.15) is 13.2 Å². The molecule has 96 valence electrons. The Kier molecular flexibility index (Phi) is 5.42. The van der Waals surface area contributed by atoms with E-state index in [1.807, 2.05) is 12.1 Å². The average molecular weight is 312 g/mol. The third kappa shape index (κ3) is 5.06. The number of hydrogen-bond acceptors (Lipinski definition) is 2. The zero-order valence-corrected chi connectivity index (χ0v) is 10.6. The molecule has 6 heteroatoms. The molecule has 0 heterocycles. The molecule has 1 unspecified atom stereocenters. The van der Waals surface area contributed by atoms with Crippen molar-refractivity contribution in [1.29, 1.82) is 0 Å². The highest BCUT2D eigenvalue weighted by molar-refractivity contribution is 9.10. The second-order valence-corrected chi connectivity index (χ2v) is 4.53. The lowest BCUT2D eigenvalue weighted by atomic mass is 10.1. The first-order valence-corrected chi connectivity index (χ1v) is 5.81. The predicted octanol–water partition coefficient (Wildman–Crippen LogP) is 3.10. The molecule has 0 aliphatic carbocycles. The quantitative estimate of drug-likeness (QED) is 0.907. The average Bonchev–Trinajstić information content (AvgIpc) is 2.25. The van der Waals surface area contributed by atoms with E-state index < -0.39 is 25.2 Å². The van der Waals surface area contributed by atoms with Gasteiger partial charge in [0, 0.05) is 11.0 Å². The summed E-state index contributed by atoms with van der Waals surface area (Å²) < 4.78 is 42.9. The molecule has 17 heavy (non-hydrogen) atoms. The third-order valence-electron chi connectivity index (χ3n) is 2.25. The summed E-state index contributed by atoms with van der Waals surface area (Å²) >= 11 is 3.27. The summed E-state index contributed by atoms with van der Waals surface area (Å²) in [6, 6.07) is 7.19. The van der Waals surface area contributed by atoms with Gasteiger partial charge in [-0.3, -0.25) is 0 Å². The van der Waals surface area contributed by atoms with E-state index in [-0.39, 0.29) is 6.61 Å². The number of rotatable bonds is 5. The molecule has 0 saturated carbocycles. The molecule has 1 aromatic carbocycles. The molecule has 2 N–H and O–H groups in total. The van der Waals surface area contributed by atoms with Gasteiger partial charge in [0.1, 0.15) is 0 Å². The molecule has 0 aliphatic heterocycles. The molecule has 0 radical (unpaired) electrons. The number of ether oxygens (including phenoxy) is 1. The van der Waals surface area contributed by atoms with Crippen molar-refractivity contribution in [2.45, 2.75) is 12.8 Å². The second-order valence-electron chi connectivity index (χ2n) is 3.62. The molecule has 0 bridgehead atoms. The lowest BCUT2D eigenvalue weighted by Gasteiger charge is -2.18. The van der Waals surface area contributed by atoms with Crippen molar-refractivity contribution in [1.82, 2.24) is 0 Å². The van der Waals surface area contributed by atoms with Crippen LogP contribution in [0.3, 0.4) is 0 Å². The van der Waals surface area contributed by atoms with Crippen LogP contribution in [0.15, 0.2) is 28.7 Å². The van der Waals surface area contributed by atoms with Crippen molar-refractivity contribution in [3.05, 3.63) is 34.3 Å². The van der Waals surface area contributed by atoms with Crippen LogP contribution >= 0.6 is 15.9 Å². The molecular weight excluding hydrogens is 299 g/mol. The minimum Gasteiger partial charge on any atom is -0.376 e. The van der Waals surface area contributed by atoms with Gasteiger partial charge >= 0.3 is 6.18 Å². The summed E-state index contributed by atoms with van der Waals surface area (Å²) in [5, 5.41) is 0. The van der Waals surface area contributed by atoms with Crippen molar-refractivity contribution in [2.75, 3.05) is 13.2 Å². The smallest absolute Gasteiger partial charge is 0.376 e. The third-order valence-corrected chi connectivity index (χ3v) is 2.78.